The predicted molar refractivity (Wildman–Crippen MR) is 138 cm³/mol. The second-order valence-electron chi connectivity index (χ2n) is 7.67. The molecule has 0 saturated heterocycles. The van der Waals surface area contributed by atoms with Crippen molar-refractivity contribution in [2.24, 2.45) is 0 Å². The van der Waals surface area contributed by atoms with E-state index in [0.29, 0.717) is 40.5 Å². The van der Waals surface area contributed by atoms with Crippen LogP contribution in [0.4, 0.5) is 17.1 Å². The summed E-state index contributed by atoms with van der Waals surface area (Å²) in [7, 11) is 1.54. The number of benzene rings is 3. The highest BCUT2D eigenvalue weighted by Crippen LogP contribution is 2.29. The number of nitrogens with two attached hydrogens (primary N) is 2. The maximum absolute atomic E-state index is 12.1. The third-order valence-electron chi connectivity index (χ3n) is 5.13. The molecule has 5 N–H and O–H groups in total. The number of ether oxygens (including phenoxy) is 3. The van der Waals surface area contributed by atoms with Crippen molar-refractivity contribution < 1.29 is 23.8 Å². The molecule has 0 radical (unpaired) electrons. The van der Waals surface area contributed by atoms with E-state index < -0.39 is 5.97 Å². The Labute approximate surface area is 208 Å². The molecule has 9 nitrogen and oxygen atoms in total. The summed E-state index contributed by atoms with van der Waals surface area (Å²) in [6, 6.07) is 17.5. The molecule has 36 heavy (non-hydrogen) atoms. The Morgan fingerprint density at radius 1 is 1.03 bits per heavy atom. The number of rotatable bonds is 10. The molecule has 0 heterocycles. The zero-order valence-corrected chi connectivity index (χ0v) is 19.7. The molecular formula is C27H26N4O5. The third-order valence-corrected chi connectivity index (χ3v) is 5.13. The first kappa shape index (κ1) is 25.6. The van der Waals surface area contributed by atoms with Crippen molar-refractivity contribution in [3.63, 3.8) is 0 Å². The number of hydrogen-bond acceptors (Lipinski definition) is 8. The fourth-order valence-corrected chi connectivity index (χ4v) is 3.30. The van der Waals surface area contributed by atoms with Gasteiger partial charge in [-0.2, -0.15) is 0 Å². The monoisotopic (exact) mass is 486 g/mol. The molecule has 0 aromatic heterocycles. The van der Waals surface area contributed by atoms with Crippen LogP contribution in [0.25, 0.3) is 17.2 Å². The van der Waals surface area contributed by atoms with E-state index in [1.807, 2.05) is 30.3 Å². The van der Waals surface area contributed by atoms with Gasteiger partial charge in [0.1, 0.15) is 11.5 Å². The Balaban J connectivity index is 1.49. The van der Waals surface area contributed by atoms with Gasteiger partial charge in [-0.05, 0) is 60.0 Å². The molecule has 0 spiro atoms. The maximum atomic E-state index is 12.1. The molecular weight excluding hydrogens is 460 g/mol. The summed E-state index contributed by atoms with van der Waals surface area (Å²) in [5.41, 5.74) is 15.4. The molecule has 0 atom stereocenters. The number of esters is 1. The molecule has 0 fully saturated rings. The standard InChI is InChI=1S/C27H26N4O5/c1-34-25-15-20(18-6-10-22(11-7-18)36-17-28)5-4-19(25)8-13-27(33)35-14-2-3-26(32)31-24-16-21(29)9-12-23(24)30/h4-13,15-16H,2-3,14,29-30H2,1H3,(H,31,32)/b13-8+. The van der Waals surface area contributed by atoms with Crippen LogP contribution in [0.2, 0.25) is 0 Å². The Bertz CT molecular complexity index is 1300. The van der Waals surface area contributed by atoms with Crippen LogP contribution in [0.1, 0.15) is 18.4 Å². The maximum Gasteiger partial charge on any atom is 0.330 e. The quantitative estimate of drug-likeness (QED) is 0.126. The second-order valence-corrected chi connectivity index (χ2v) is 7.67. The normalized spacial score (nSPS) is 10.4. The van der Waals surface area contributed by atoms with Gasteiger partial charge in [-0.25, -0.2) is 4.79 Å². The topological polar surface area (TPSA) is 150 Å². The van der Waals surface area contributed by atoms with E-state index in [4.69, 9.17) is 30.9 Å². The largest absolute Gasteiger partial charge is 0.496 e. The molecule has 3 aromatic carbocycles. The van der Waals surface area contributed by atoms with Crippen LogP contribution >= 0.6 is 0 Å². The van der Waals surface area contributed by atoms with E-state index in [-0.39, 0.29) is 18.9 Å². The number of amides is 1. The highest BCUT2D eigenvalue weighted by molar-refractivity contribution is 5.94. The van der Waals surface area contributed by atoms with Gasteiger partial charge in [-0.15, -0.1) is 5.26 Å². The molecule has 3 aromatic rings. The highest BCUT2D eigenvalue weighted by atomic mass is 16.5. The molecule has 0 bridgehead atoms. The smallest absolute Gasteiger partial charge is 0.330 e. The highest BCUT2D eigenvalue weighted by Gasteiger charge is 2.08. The molecule has 184 valence electrons. The minimum atomic E-state index is -0.533. The van der Waals surface area contributed by atoms with Gasteiger partial charge >= 0.3 is 5.97 Å². The van der Waals surface area contributed by atoms with Crippen LogP contribution in [0.3, 0.4) is 0 Å². The van der Waals surface area contributed by atoms with Gasteiger partial charge in [-0.1, -0.05) is 24.3 Å². The van der Waals surface area contributed by atoms with Crippen molar-refractivity contribution in [1.82, 2.24) is 0 Å². The van der Waals surface area contributed by atoms with Gasteiger partial charge in [0.15, 0.2) is 0 Å². The number of anilines is 3. The number of nitriles is 1. The van der Waals surface area contributed by atoms with E-state index in [1.165, 1.54) is 6.08 Å². The fraction of sp³-hybridized carbons (Fsp3) is 0.148. The second kappa shape index (κ2) is 12.5. The van der Waals surface area contributed by atoms with Crippen LogP contribution in [-0.4, -0.2) is 25.6 Å². The van der Waals surface area contributed by atoms with Gasteiger partial charge in [0.05, 0.1) is 25.1 Å². The fourth-order valence-electron chi connectivity index (χ4n) is 3.30. The number of nitrogens with zero attached hydrogens (tertiary/aromatic N) is 1. The van der Waals surface area contributed by atoms with Crippen molar-refractivity contribution in [2.45, 2.75) is 12.8 Å². The molecule has 9 heteroatoms. The molecule has 0 aliphatic rings. The van der Waals surface area contributed by atoms with E-state index in [9.17, 15) is 9.59 Å². The van der Waals surface area contributed by atoms with Crippen molar-refractivity contribution in [3.8, 4) is 28.9 Å². The molecule has 0 aliphatic carbocycles. The molecule has 0 saturated carbocycles. The average molecular weight is 487 g/mol. The Morgan fingerprint density at radius 3 is 2.50 bits per heavy atom. The SMILES string of the molecule is COc1cc(-c2ccc(OC#N)cc2)ccc1/C=C/C(=O)OCCCC(=O)Nc1cc(N)ccc1N. The zero-order chi connectivity index (χ0) is 25.9. The van der Waals surface area contributed by atoms with Crippen LogP contribution in [0, 0.1) is 11.5 Å². The van der Waals surface area contributed by atoms with Crippen molar-refractivity contribution in [2.75, 3.05) is 30.5 Å². The van der Waals surface area contributed by atoms with E-state index in [0.717, 1.165) is 11.1 Å². The number of carbonyl (C=O) groups excluding carboxylic acids is 2. The van der Waals surface area contributed by atoms with Crippen molar-refractivity contribution in [1.29, 1.82) is 5.26 Å². The van der Waals surface area contributed by atoms with Gasteiger partial charge in [0.25, 0.3) is 6.26 Å². The first-order valence-corrected chi connectivity index (χ1v) is 11.0. The van der Waals surface area contributed by atoms with Crippen LogP contribution in [0.5, 0.6) is 11.5 Å². The number of carbonyl (C=O) groups is 2. The van der Waals surface area contributed by atoms with Crippen molar-refractivity contribution >= 4 is 35.0 Å². The minimum Gasteiger partial charge on any atom is -0.496 e. The van der Waals surface area contributed by atoms with Gasteiger partial charge < -0.3 is 31.0 Å². The van der Waals surface area contributed by atoms with Crippen LogP contribution < -0.4 is 26.3 Å². The minimum absolute atomic E-state index is 0.0879. The number of nitrogens with one attached hydrogen (secondary N) is 1. The lowest BCUT2D eigenvalue weighted by atomic mass is 10.0. The summed E-state index contributed by atoms with van der Waals surface area (Å²) in [5, 5.41) is 11.3. The van der Waals surface area contributed by atoms with E-state index in [1.54, 1.807) is 49.8 Å². The summed E-state index contributed by atoms with van der Waals surface area (Å²) < 4.78 is 15.4. The van der Waals surface area contributed by atoms with Gasteiger partial charge in [0.2, 0.25) is 5.91 Å². The number of hydrogen-bond donors (Lipinski definition) is 3. The zero-order valence-electron chi connectivity index (χ0n) is 19.7. The van der Waals surface area contributed by atoms with E-state index in [2.05, 4.69) is 5.32 Å². The lowest BCUT2D eigenvalue weighted by molar-refractivity contribution is -0.138. The molecule has 1 amide bonds. The summed E-state index contributed by atoms with van der Waals surface area (Å²) in [6.07, 6.45) is 5.05. The van der Waals surface area contributed by atoms with Gasteiger partial charge in [-0.3, -0.25) is 4.79 Å². The Hall–Kier alpha value is -4.97. The summed E-state index contributed by atoms with van der Waals surface area (Å²) in [5.74, 6) is 0.245. The predicted octanol–water partition coefficient (Wildman–Crippen LogP) is 4.36. The van der Waals surface area contributed by atoms with Crippen molar-refractivity contribution in [3.05, 3.63) is 72.3 Å². The molecule has 0 unspecified atom stereocenters. The molecule has 0 aliphatic heterocycles. The lowest BCUT2D eigenvalue weighted by Gasteiger charge is -2.09. The Kier molecular flexibility index (Phi) is 8.89. The summed E-state index contributed by atoms with van der Waals surface area (Å²) in [6.45, 7) is 0.0879. The average Bonchev–Trinajstić information content (AvgIpc) is 2.88. The number of nitrogen functional groups attached to an aromatic ring is 2. The van der Waals surface area contributed by atoms with Crippen LogP contribution in [0.15, 0.2) is 66.7 Å². The number of methoxy groups -OCH3 is 1. The van der Waals surface area contributed by atoms with Crippen LogP contribution in [-0.2, 0) is 14.3 Å². The summed E-state index contributed by atoms with van der Waals surface area (Å²) in [4.78, 5) is 24.2. The van der Waals surface area contributed by atoms with Gasteiger partial charge in [0, 0.05) is 23.7 Å². The first-order valence-electron chi connectivity index (χ1n) is 11.0. The van der Waals surface area contributed by atoms with E-state index >= 15 is 0 Å². The Morgan fingerprint density at radius 2 is 1.78 bits per heavy atom. The molecule has 3 rings (SSSR count). The first-order chi connectivity index (χ1) is 17.4. The summed E-state index contributed by atoms with van der Waals surface area (Å²) >= 11 is 0. The third kappa shape index (κ3) is 7.27. The lowest BCUT2D eigenvalue weighted by Crippen LogP contribution is -2.14.